The first kappa shape index (κ1) is 24.7. The molecule has 0 amide bonds. The summed E-state index contributed by atoms with van der Waals surface area (Å²) in [5.74, 6) is -3.03. The normalized spacial score (nSPS) is 16.3. The Morgan fingerprint density at radius 1 is 1.09 bits per heavy atom. The molecule has 1 unspecified atom stereocenters. The van der Waals surface area contributed by atoms with Crippen LogP contribution in [0.15, 0.2) is 48.0 Å². The zero-order chi connectivity index (χ0) is 25.0. The molecule has 182 valence electrons. The van der Waals surface area contributed by atoms with E-state index in [0.717, 1.165) is 12.1 Å². The van der Waals surface area contributed by atoms with Gasteiger partial charge >= 0.3 is 18.1 Å². The smallest absolute Gasteiger partial charge is 0.416 e. The molecule has 1 aliphatic rings. The van der Waals surface area contributed by atoms with Crippen LogP contribution in [0.5, 0.6) is 17.2 Å². The molecular weight excluding hydrogens is 459 g/mol. The number of carboxylic acids is 2. The average Bonchev–Trinajstić information content (AvgIpc) is 2.95. The van der Waals surface area contributed by atoms with E-state index < -0.39 is 29.6 Å². The summed E-state index contributed by atoms with van der Waals surface area (Å²) in [6.07, 6.45) is -3.40. The van der Waals surface area contributed by atoms with Gasteiger partial charge in [0.05, 0.1) is 32.0 Å². The number of ether oxygens (including phenoxy) is 2. The Labute approximate surface area is 192 Å². The van der Waals surface area contributed by atoms with Crippen LogP contribution in [0.25, 0.3) is 0 Å². The largest absolute Gasteiger partial charge is 0.493 e. The number of carboxylic acid groups (broad SMARTS) is 2. The first-order valence-electron chi connectivity index (χ1n) is 10.1. The number of hydrogen-bond donors (Lipinski definition) is 2. The number of methoxy groups -OCH3 is 2. The number of benzene rings is 2. The summed E-state index contributed by atoms with van der Waals surface area (Å²) in [7, 11) is 2.86. The van der Waals surface area contributed by atoms with Crippen molar-refractivity contribution in [3.05, 3.63) is 59.2 Å². The average molecular weight is 481 g/mol. The third kappa shape index (κ3) is 5.53. The molecule has 2 aromatic rings. The Kier molecular flexibility index (Phi) is 7.23. The van der Waals surface area contributed by atoms with Crippen LogP contribution >= 0.6 is 0 Å². The quantitative estimate of drug-likeness (QED) is 0.568. The maximum absolute atomic E-state index is 13.2. The number of anilines is 1. The van der Waals surface area contributed by atoms with Crippen LogP contribution in [0, 0.1) is 5.92 Å². The summed E-state index contributed by atoms with van der Waals surface area (Å²) >= 11 is 0. The highest BCUT2D eigenvalue weighted by Gasteiger charge is 2.33. The van der Waals surface area contributed by atoms with E-state index >= 15 is 0 Å². The van der Waals surface area contributed by atoms with Gasteiger partial charge in [0.25, 0.3) is 0 Å². The summed E-state index contributed by atoms with van der Waals surface area (Å²) in [5.41, 5.74) is -0.178. The molecule has 0 saturated heterocycles. The van der Waals surface area contributed by atoms with Crippen LogP contribution < -0.4 is 19.4 Å². The van der Waals surface area contributed by atoms with Crippen molar-refractivity contribution in [3.63, 3.8) is 0 Å². The topological polar surface area (TPSA) is 106 Å². The molecule has 0 bridgehead atoms. The minimum absolute atomic E-state index is 0.129. The summed E-state index contributed by atoms with van der Waals surface area (Å²) in [4.78, 5) is 28.8. The minimum Gasteiger partial charge on any atom is -0.493 e. The predicted octanol–water partition coefficient (Wildman–Crippen LogP) is 4.18. The molecule has 34 heavy (non-hydrogen) atoms. The lowest BCUT2D eigenvalue weighted by molar-refractivity contribution is -0.137. The molecule has 2 N–H and O–H groups in total. The highest BCUT2D eigenvalue weighted by Crippen LogP contribution is 2.40. The second-order valence-corrected chi connectivity index (χ2v) is 7.49. The fourth-order valence-electron chi connectivity index (χ4n) is 3.75. The molecule has 0 aromatic heterocycles. The zero-order valence-corrected chi connectivity index (χ0v) is 18.3. The van der Waals surface area contributed by atoms with Crippen molar-refractivity contribution >= 4 is 17.6 Å². The molecule has 8 nitrogen and oxygen atoms in total. The maximum atomic E-state index is 13.2. The number of aryl methyl sites for hydroxylation is 1. The standard InChI is InChI=1S/C23H22F3NO7/c1-32-19-8-13-6-7-14(17(22(30)31)10-21(28)29)12-27(18(13)11-20(19)33-2)34-16-5-3-4-15(9-16)23(24,25)26/h3-5,8-11,14H,6-7,12H2,1-2H3,(H,28,29)(H,30,31). The van der Waals surface area contributed by atoms with Gasteiger partial charge in [0.15, 0.2) is 17.2 Å². The highest BCUT2D eigenvalue weighted by molar-refractivity contribution is 5.95. The lowest BCUT2D eigenvalue weighted by Gasteiger charge is -2.28. The minimum atomic E-state index is -4.59. The van der Waals surface area contributed by atoms with Gasteiger partial charge < -0.3 is 24.5 Å². The Hall–Kier alpha value is -3.89. The number of halogens is 3. The van der Waals surface area contributed by atoms with Gasteiger partial charge in [0, 0.05) is 23.6 Å². The van der Waals surface area contributed by atoms with Gasteiger partial charge in [-0.2, -0.15) is 13.2 Å². The number of rotatable bonds is 7. The second kappa shape index (κ2) is 9.94. The molecule has 0 radical (unpaired) electrons. The predicted molar refractivity (Wildman–Crippen MR) is 114 cm³/mol. The van der Waals surface area contributed by atoms with Gasteiger partial charge in [-0.25, -0.2) is 14.7 Å². The molecule has 0 saturated carbocycles. The molecule has 0 spiro atoms. The number of hydroxylamine groups is 1. The van der Waals surface area contributed by atoms with Crippen LogP contribution in [0.3, 0.4) is 0 Å². The molecule has 2 aromatic carbocycles. The molecule has 3 rings (SSSR count). The molecule has 11 heteroatoms. The Morgan fingerprint density at radius 2 is 1.76 bits per heavy atom. The summed E-state index contributed by atoms with van der Waals surface area (Å²) in [6.45, 7) is -0.135. The van der Waals surface area contributed by atoms with E-state index in [0.29, 0.717) is 35.2 Å². The number of fused-ring (bicyclic) bond motifs is 1. The summed E-state index contributed by atoms with van der Waals surface area (Å²) in [5, 5.41) is 20.0. The lowest BCUT2D eigenvalue weighted by Crippen LogP contribution is -2.34. The maximum Gasteiger partial charge on any atom is 0.416 e. The third-order valence-electron chi connectivity index (χ3n) is 5.34. The Bertz CT molecular complexity index is 1110. The molecule has 0 aliphatic carbocycles. The van der Waals surface area contributed by atoms with E-state index in [2.05, 4.69) is 0 Å². The number of hydrogen-bond acceptors (Lipinski definition) is 6. The molecule has 1 aliphatic heterocycles. The first-order chi connectivity index (χ1) is 16.0. The van der Waals surface area contributed by atoms with E-state index in [9.17, 15) is 27.9 Å². The molecule has 1 atom stereocenters. The monoisotopic (exact) mass is 481 g/mol. The van der Waals surface area contributed by atoms with Crippen LogP contribution in [0.4, 0.5) is 18.9 Å². The van der Waals surface area contributed by atoms with E-state index in [1.807, 2.05) is 0 Å². The van der Waals surface area contributed by atoms with Crippen LogP contribution in [0.2, 0.25) is 0 Å². The van der Waals surface area contributed by atoms with Crippen molar-refractivity contribution < 1.29 is 47.3 Å². The van der Waals surface area contributed by atoms with Gasteiger partial charge in [-0.1, -0.05) is 6.07 Å². The van der Waals surface area contributed by atoms with Gasteiger partial charge in [-0.15, -0.1) is 0 Å². The van der Waals surface area contributed by atoms with E-state index in [1.165, 1.54) is 31.4 Å². The third-order valence-corrected chi connectivity index (χ3v) is 5.34. The summed E-state index contributed by atoms with van der Waals surface area (Å²) in [6, 6.07) is 7.49. The second-order valence-electron chi connectivity index (χ2n) is 7.49. The number of alkyl halides is 3. The van der Waals surface area contributed by atoms with Crippen LogP contribution in [-0.2, 0) is 22.2 Å². The molecular formula is C23H22F3NO7. The molecule has 1 heterocycles. The fourth-order valence-corrected chi connectivity index (χ4v) is 3.75. The fraction of sp³-hybridized carbons (Fsp3) is 0.304. The van der Waals surface area contributed by atoms with Crippen molar-refractivity contribution in [2.75, 3.05) is 25.8 Å². The van der Waals surface area contributed by atoms with Crippen molar-refractivity contribution in [2.45, 2.75) is 19.0 Å². The van der Waals surface area contributed by atoms with E-state index in [4.69, 9.17) is 19.4 Å². The van der Waals surface area contributed by atoms with Gasteiger partial charge in [-0.3, -0.25) is 0 Å². The first-order valence-corrected chi connectivity index (χ1v) is 10.1. The number of carbonyl (C=O) groups is 2. The SMILES string of the molecule is COc1cc2c(cc1OC)N(Oc1cccc(C(F)(F)F)c1)CC(C(=CC(=O)O)C(=O)O)CC2. The Morgan fingerprint density at radius 3 is 2.35 bits per heavy atom. The van der Waals surface area contributed by atoms with Crippen molar-refractivity contribution in [1.29, 1.82) is 0 Å². The van der Waals surface area contributed by atoms with E-state index in [-0.39, 0.29) is 24.3 Å². The number of aliphatic carboxylic acids is 2. The van der Waals surface area contributed by atoms with E-state index in [1.54, 1.807) is 12.1 Å². The lowest BCUT2D eigenvalue weighted by atomic mass is 9.93. The van der Waals surface area contributed by atoms with Gasteiger partial charge in [0.1, 0.15) is 0 Å². The van der Waals surface area contributed by atoms with Crippen molar-refractivity contribution in [1.82, 2.24) is 0 Å². The Balaban J connectivity index is 2.09. The molecule has 0 fully saturated rings. The van der Waals surface area contributed by atoms with Crippen LogP contribution in [0.1, 0.15) is 17.5 Å². The summed E-state index contributed by atoms with van der Waals surface area (Å²) < 4.78 is 50.2. The van der Waals surface area contributed by atoms with Crippen LogP contribution in [-0.4, -0.2) is 42.9 Å². The van der Waals surface area contributed by atoms with Gasteiger partial charge in [0.2, 0.25) is 0 Å². The van der Waals surface area contributed by atoms with Crippen molar-refractivity contribution in [2.24, 2.45) is 5.92 Å². The zero-order valence-electron chi connectivity index (χ0n) is 18.3. The van der Waals surface area contributed by atoms with Gasteiger partial charge in [-0.05, 0) is 42.7 Å². The van der Waals surface area contributed by atoms with Crippen molar-refractivity contribution in [3.8, 4) is 17.2 Å². The number of nitrogens with zero attached hydrogens (tertiary/aromatic N) is 1. The highest BCUT2D eigenvalue weighted by atomic mass is 19.4.